The lowest BCUT2D eigenvalue weighted by Crippen LogP contribution is -2.53. The van der Waals surface area contributed by atoms with Crippen LogP contribution in [0.1, 0.15) is 77.0 Å². The van der Waals surface area contributed by atoms with Crippen molar-refractivity contribution in [3.8, 4) is 0 Å². The predicted molar refractivity (Wildman–Crippen MR) is 176 cm³/mol. The van der Waals surface area contributed by atoms with Gasteiger partial charge in [-0.2, -0.15) is 0 Å². The number of carboxylic acids is 7. The van der Waals surface area contributed by atoms with Crippen molar-refractivity contribution in [2.45, 2.75) is 113 Å². The van der Waals surface area contributed by atoms with Crippen molar-refractivity contribution in [3.63, 3.8) is 0 Å². The third-order valence-corrected chi connectivity index (χ3v) is 7.43. The predicted octanol–water partition coefficient (Wildman–Crippen LogP) is -3.99. The summed E-state index contributed by atoms with van der Waals surface area (Å²) >= 11 is 0. The van der Waals surface area contributed by atoms with Gasteiger partial charge in [0.15, 0.2) is 0 Å². The van der Waals surface area contributed by atoms with Gasteiger partial charge in [0.05, 0.1) is 0 Å². The Morgan fingerprint density at radius 1 is 0.345 bits per heavy atom. The Kier molecular flexibility index (Phi) is 21.9. The molecule has 6 atom stereocenters. The first-order chi connectivity index (χ1) is 25.5. The average Bonchev–Trinajstić information content (AvgIpc) is 3.08. The van der Waals surface area contributed by atoms with Gasteiger partial charge in [0.1, 0.15) is 36.3 Å². The van der Waals surface area contributed by atoms with Crippen molar-refractivity contribution in [2.24, 2.45) is 5.73 Å². The van der Waals surface area contributed by atoms with Gasteiger partial charge in [-0.05, 0) is 38.5 Å². The lowest BCUT2D eigenvalue weighted by atomic mass is 10.1. The summed E-state index contributed by atoms with van der Waals surface area (Å²) in [5, 5.41) is 74.4. The molecular weight excluding hydrogens is 748 g/mol. The Labute approximate surface area is 310 Å². The van der Waals surface area contributed by atoms with E-state index >= 15 is 0 Å². The second-order valence-corrected chi connectivity index (χ2v) is 11.9. The van der Waals surface area contributed by atoms with Gasteiger partial charge in [-0.1, -0.05) is 0 Å². The Hall–Kier alpha value is -6.40. The standard InChI is InChI=1S/C30H44N6O19/c31-13(27(48)49)1-7-19(37)34-16(28(50)51)2-8-20(38)32-14(4-10-22(40)41)25(46)35-17(29(52)53)3-9-21(39)33-15(5-11-23(42)43)26(47)36-18(30(54)55)6-12-24(44)45/h13-18H,1-12,31H2,(H,32,38)(H,33,39)(H,34,37)(H,35,46)(H,36,47)(H,40,41)(H,42,43)(H,44,45)(H,48,49)(H,50,51)(H,52,53)(H,54,55)/t13-,14-,15-,16-,17-,18-/m0/s1. The van der Waals surface area contributed by atoms with Crippen LogP contribution in [0.25, 0.3) is 0 Å². The first-order valence-electron chi connectivity index (χ1n) is 16.3. The number of amides is 5. The molecule has 25 nitrogen and oxygen atoms in total. The highest BCUT2D eigenvalue weighted by Crippen LogP contribution is 2.08. The highest BCUT2D eigenvalue weighted by molar-refractivity contribution is 5.93. The topological polar surface area (TPSA) is 433 Å². The smallest absolute Gasteiger partial charge is 0.326 e. The van der Waals surface area contributed by atoms with Crippen LogP contribution in [-0.4, -0.2) is 143 Å². The van der Waals surface area contributed by atoms with Gasteiger partial charge >= 0.3 is 41.8 Å². The maximum absolute atomic E-state index is 13.0. The van der Waals surface area contributed by atoms with Crippen molar-refractivity contribution in [3.05, 3.63) is 0 Å². The fourth-order valence-corrected chi connectivity index (χ4v) is 4.42. The van der Waals surface area contributed by atoms with Crippen LogP contribution in [-0.2, 0) is 57.5 Å². The van der Waals surface area contributed by atoms with E-state index < -0.39 is 178 Å². The first-order valence-corrected chi connectivity index (χ1v) is 16.3. The Morgan fingerprint density at radius 2 is 0.600 bits per heavy atom. The molecule has 308 valence electrons. The van der Waals surface area contributed by atoms with Crippen LogP contribution in [0.5, 0.6) is 0 Å². The molecule has 0 aromatic rings. The molecule has 0 saturated heterocycles. The monoisotopic (exact) mass is 792 g/mol. The van der Waals surface area contributed by atoms with Crippen LogP contribution in [0.3, 0.4) is 0 Å². The number of hydrogen-bond donors (Lipinski definition) is 13. The summed E-state index contributed by atoms with van der Waals surface area (Å²) in [6.07, 6.45) is -7.22. The third kappa shape index (κ3) is 21.7. The molecule has 0 aromatic carbocycles. The summed E-state index contributed by atoms with van der Waals surface area (Å²) in [5.74, 6) is -15.9. The number of rotatable bonds is 29. The number of carbonyl (C=O) groups is 12. The van der Waals surface area contributed by atoms with Crippen molar-refractivity contribution >= 4 is 71.3 Å². The SMILES string of the molecule is N[C@@H](CCC(=O)N[C@@H](CCC(=O)N[C@@H](CCC(=O)O)C(=O)N[C@@H](CCC(=O)N[C@@H](CCC(=O)O)C(=O)N[C@@H](CCC(=O)O)C(=O)O)C(=O)O)C(=O)O)C(=O)O. The van der Waals surface area contributed by atoms with Crippen LogP contribution < -0.4 is 32.3 Å². The van der Waals surface area contributed by atoms with E-state index in [1.54, 1.807) is 0 Å². The molecule has 0 radical (unpaired) electrons. The fraction of sp³-hybridized carbons (Fsp3) is 0.600. The summed E-state index contributed by atoms with van der Waals surface area (Å²) in [6, 6.07) is -10.0. The normalized spacial score (nSPS) is 13.9. The number of nitrogens with one attached hydrogen (secondary N) is 5. The molecule has 0 saturated carbocycles. The highest BCUT2D eigenvalue weighted by Gasteiger charge is 2.31. The van der Waals surface area contributed by atoms with Gasteiger partial charge in [0.25, 0.3) is 0 Å². The average molecular weight is 793 g/mol. The lowest BCUT2D eigenvalue weighted by Gasteiger charge is -2.23. The Morgan fingerprint density at radius 3 is 0.891 bits per heavy atom. The van der Waals surface area contributed by atoms with E-state index in [9.17, 15) is 72.9 Å². The Balaban J connectivity index is 5.61. The van der Waals surface area contributed by atoms with Crippen molar-refractivity contribution in [1.82, 2.24) is 26.6 Å². The first kappa shape index (κ1) is 48.6. The molecule has 0 aliphatic carbocycles. The van der Waals surface area contributed by atoms with E-state index in [-0.39, 0.29) is 6.42 Å². The van der Waals surface area contributed by atoms with Crippen LogP contribution in [0.4, 0.5) is 0 Å². The number of hydrogen-bond acceptors (Lipinski definition) is 13. The molecule has 0 rings (SSSR count). The van der Waals surface area contributed by atoms with E-state index in [4.69, 9.17) is 26.2 Å². The van der Waals surface area contributed by atoms with Crippen LogP contribution in [0, 0.1) is 0 Å². The molecule has 0 spiro atoms. The summed E-state index contributed by atoms with van der Waals surface area (Å²) in [4.78, 5) is 142. The second-order valence-electron chi connectivity index (χ2n) is 11.9. The minimum Gasteiger partial charge on any atom is -0.481 e. The Bertz CT molecular complexity index is 1470. The van der Waals surface area contributed by atoms with Crippen molar-refractivity contribution < 1.29 is 93.3 Å². The summed E-state index contributed by atoms with van der Waals surface area (Å²) in [6.45, 7) is 0. The number of carbonyl (C=O) groups excluding carboxylic acids is 5. The third-order valence-electron chi connectivity index (χ3n) is 7.43. The largest absolute Gasteiger partial charge is 0.481 e. The van der Waals surface area contributed by atoms with Crippen LogP contribution in [0.15, 0.2) is 0 Å². The van der Waals surface area contributed by atoms with E-state index in [2.05, 4.69) is 16.0 Å². The molecule has 0 aromatic heterocycles. The molecule has 5 amide bonds. The molecule has 0 heterocycles. The highest BCUT2D eigenvalue weighted by atomic mass is 16.4. The van der Waals surface area contributed by atoms with Gasteiger partial charge in [-0.15, -0.1) is 0 Å². The molecule has 0 aliphatic rings. The van der Waals surface area contributed by atoms with E-state index in [1.165, 1.54) is 0 Å². The molecule has 0 fully saturated rings. The molecule has 0 unspecified atom stereocenters. The molecule has 25 heteroatoms. The fourth-order valence-electron chi connectivity index (χ4n) is 4.42. The summed E-state index contributed by atoms with van der Waals surface area (Å²) < 4.78 is 0. The van der Waals surface area contributed by atoms with Gasteiger partial charge in [-0.3, -0.25) is 43.2 Å². The van der Waals surface area contributed by atoms with Crippen LogP contribution >= 0.6 is 0 Å². The molecule has 0 aliphatic heterocycles. The second kappa shape index (κ2) is 24.8. The number of carboxylic acid groups (broad SMARTS) is 7. The minimum absolute atomic E-state index is 0.326. The minimum atomic E-state index is -1.87. The summed E-state index contributed by atoms with van der Waals surface area (Å²) in [5.41, 5.74) is 5.30. The van der Waals surface area contributed by atoms with E-state index in [1.807, 2.05) is 10.6 Å². The van der Waals surface area contributed by atoms with Gasteiger partial charge in [0.2, 0.25) is 29.5 Å². The van der Waals surface area contributed by atoms with Gasteiger partial charge < -0.3 is 68.1 Å². The van der Waals surface area contributed by atoms with Gasteiger partial charge in [0, 0.05) is 38.5 Å². The number of aliphatic carboxylic acids is 7. The van der Waals surface area contributed by atoms with E-state index in [0.717, 1.165) is 0 Å². The molecule has 0 bridgehead atoms. The number of nitrogens with two attached hydrogens (primary N) is 1. The molecular formula is C30H44N6O19. The maximum atomic E-state index is 13.0. The van der Waals surface area contributed by atoms with Crippen LogP contribution in [0.2, 0.25) is 0 Å². The zero-order valence-electron chi connectivity index (χ0n) is 29.1. The van der Waals surface area contributed by atoms with Crippen molar-refractivity contribution in [2.75, 3.05) is 0 Å². The molecule has 14 N–H and O–H groups in total. The summed E-state index contributed by atoms with van der Waals surface area (Å²) in [7, 11) is 0. The van der Waals surface area contributed by atoms with E-state index in [0.29, 0.717) is 0 Å². The van der Waals surface area contributed by atoms with Crippen molar-refractivity contribution in [1.29, 1.82) is 0 Å². The maximum Gasteiger partial charge on any atom is 0.326 e. The van der Waals surface area contributed by atoms with Gasteiger partial charge in [-0.25, -0.2) is 14.4 Å². The zero-order valence-corrected chi connectivity index (χ0v) is 29.1. The molecule has 55 heavy (non-hydrogen) atoms. The quantitative estimate of drug-likeness (QED) is 0.0343. The lowest BCUT2D eigenvalue weighted by molar-refractivity contribution is -0.144. The zero-order chi connectivity index (χ0) is 42.4.